The fourth-order valence-electron chi connectivity index (χ4n) is 0.700. The van der Waals surface area contributed by atoms with E-state index in [9.17, 15) is 9.59 Å². The molecule has 0 aromatic carbocycles. The summed E-state index contributed by atoms with van der Waals surface area (Å²) in [6.45, 7) is -0.249. The molecule has 4 nitrogen and oxygen atoms in total. The summed E-state index contributed by atoms with van der Waals surface area (Å²) >= 11 is 5.37. The SMILES string of the molecule is CN(CC(=O)O)C(=O)CCCCl. The van der Waals surface area contributed by atoms with Gasteiger partial charge in [0.2, 0.25) is 5.91 Å². The number of carbonyl (C=O) groups excluding carboxylic acids is 1. The third kappa shape index (κ3) is 4.96. The van der Waals surface area contributed by atoms with Crippen molar-refractivity contribution >= 4 is 23.5 Å². The largest absolute Gasteiger partial charge is 0.480 e. The number of carboxylic acid groups (broad SMARTS) is 1. The van der Waals surface area contributed by atoms with Crippen molar-refractivity contribution in [1.29, 1.82) is 0 Å². The standard InChI is InChI=1S/C7H12ClNO3/c1-9(5-7(11)12)6(10)3-2-4-8/h2-5H2,1H3,(H,11,12). The van der Waals surface area contributed by atoms with E-state index in [2.05, 4.69) is 0 Å². The molecule has 0 aliphatic heterocycles. The van der Waals surface area contributed by atoms with Gasteiger partial charge < -0.3 is 10.0 Å². The smallest absolute Gasteiger partial charge is 0.323 e. The molecule has 0 aromatic heterocycles. The van der Waals surface area contributed by atoms with Crippen LogP contribution in [-0.4, -0.2) is 41.4 Å². The number of hydrogen-bond acceptors (Lipinski definition) is 2. The van der Waals surface area contributed by atoms with E-state index in [0.29, 0.717) is 18.7 Å². The van der Waals surface area contributed by atoms with Gasteiger partial charge in [0.15, 0.2) is 0 Å². The minimum Gasteiger partial charge on any atom is -0.480 e. The molecule has 0 radical (unpaired) electrons. The quantitative estimate of drug-likeness (QED) is 0.649. The molecule has 70 valence electrons. The molecule has 12 heavy (non-hydrogen) atoms. The van der Waals surface area contributed by atoms with Crippen molar-refractivity contribution in [2.45, 2.75) is 12.8 Å². The number of likely N-dealkylation sites (N-methyl/N-ethyl adjacent to an activating group) is 1. The average Bonchev–Trinajstić information content (AvgIpc) is 1.98. The van der Waals surface area contributed by atoms with Crippen molar-refractivity contribution in [3.05, 3.63) is 0 Å². The molecule has 0 rings (SSSR count). The highest BCUT2D eigenvalue weighted by molar-refractivity contribution is 6.17. The molecule has 0 saturated heterocycles. The van der Waals surface area contributed by atoms with Crippen LogP contribution < -0.4 is 0 Å². The van der Waals surface area contributed by atoms with Gasteiger partial charge in [-0.15, -0.1) is 11.6 Å². The van der Waals surface area contributed by atoms with E-state index >= 15 is 0 Å². The molecule has 1 amide bonds. The zero-order valence-corrected chi connectivity index (χ0v) is 7.67. The first-order valence-electron chi connectivity index (χ1n) is 3.59. The first kappa shape index (κ1) is 11.2. The number of nitrogens with zero attached hydrogens (tertiary/aromatic N) is 1. The molecule has 0 bridgehead atoms. The lowest BCUT2D eigenvalue weighted by atomic mass is 10.3. The predicted molar refractivity (Wildman–Crippen MR) is 45.2 cm³/mol. The zero-order valence-electron chi connectivity index (χ0n) is 6.92. The molecule has 0 atom stereocenters. The van der Waals surface area contributed by atoms with Gasteiger partial charge in [0.1, 0.15) is 6.54 Å². The van der Waals surface area contributed by atoms with E-state index in [-0.39, 0.29) is 12.5 Å². The van der Waals surface area contributed by atoms with Gasteiger partial charge in [-0.2, -0.15) is 0 Å². The normalized spacial score (nSPS) is 9.50. The molecule has 0 saturated carbocycles. The van der Waals surface area contributed by atoms with Gasteiger partial charge in [0.05, 0.1) is 0 Å². The maximum Gasteiger partial charge on any atom is 0.323 e. The van der Waals surface area contributed by atoms with Gasteiger partial charge in [-0.25, -0.2) is 0 Å². The van der Waals surface area contributed by atoms with Gasteiger partial charge in [-0.05, 0) is 6.42 Å². The fourth-order valence-corrected chi connectivity index (χ4v) is 0.834. The van der Waals surface area contributed by atoms with Crippen LogP contribution in [0.3, 0.4) is 0 Å². The Labute approximate surface area is 76.1 Å². The summed E-state index contributed by atoms with van der Waals surface area (Å²) in [6.07, 6.45) is 0.900. The van der Waals surface area contributed by atoms with E-state index in [1.807, 2.05) is 0 Å². The van der Waals surface area contributed by atoms with E-state index < -0.39 is 5.97 Å². The van der Waals surface area contributed by atoms with Gasteiger partial charge in [0, 0.05) is 19.3 Å². The highest BCUT2D eigenvalue weighted by atomic mass is 35.5. The first-order chi connectivity index (χ1) is 5.57. The van der Waals surface area contributed by atoms with E-state index in [4.69, 9.17) is 16.7 Å². The molecule has 0 aromatic rings. The molecule has 0 aliphatic carbocycles. The monoisotopic (exact) mass is 193 g/mol. The summed E-state index contributed by atoms with van der Waals surface area (Å²) in [5, 5.41) is 8.34. The summed E-state index contributed by atoms with van der Waals surface area (Å²) in [7, 11) is 1.46. The van der Waals surface area contributed by atoms with Crippen LogP contribution in [0.5, 0.6) is 0 Å². The van der Waals surface area contributed by atoms with Gasteiger partial charge in [-0.3, -0.25) is 9.59 Å². The number of amides is 1. The van der Waals surface area contributed by atoms with Crippen molar-refractivity contribution in [3.8, 4) is 0 Å². The highest BCUT2D eigenvalue weighted by Crippen LogP contribution is 1.96. The van der Waals surface area contributed by atoms with Crippen LogP contribution in [0, 0.1) is 0 Å². The van der Waals surface area contributed by atoms with Crippen LogP contribution in [0.4, 0.5) is 0 Å². The number of aliphatic carboxylic acids is 1. The summed E-state index contributed by atoms with van der Waals surface area (Å²) in [5.74, 6) is -0.762. The van der Waals surface area contributed by atoms with Gasteiger partial charge >= 0.3 is 5.97 Å². The van der Waals surface area contributed by atoms with Gasteiger partial charge in [-0.1, -0.05) is 0 Å². The second kappa shape index (κ2) is 5.83. The Morgan fingerprint density at radius 3 is 2.50 bits per heavy atom. The van der Waals surface area contributed by atoms with Crippen LogP contribution in [0.15, 0.2) is 0 Å². The molecule has 1 N–H and O–H groups in total. The summed E-state index contributed by atoms with van der Waals surface area (Å²) in [5.41, 5.74) is 0. The summed E-state index contributed by atoms with van der Waals surface area (Å²) in [4.78, 5) is 22.4. The Morgan fingerprint density at radius 1 is 1.50 bits per heavy atom. The minimum absolute atomic E-state index is 0.182. The van der Waals surface area contributed by atoms with Gasteiger partial charge in [0.25, 0.3) is 0 Å². The minimum atomic E-state index is -1.00. The molecule has 0 unspecified atom stereocenters. The highest BCUT2D eigenvalue weighted by Gasteiger charge is 2.10. The van der Waals surface area contributed by atoms with Crippen LogP contribution in [0.1, 0.15) is 12.8 Å². The molecule has 0 fully saturated rings. The van der Waals surface area contributed by atoms with Crippen molar-refractivity contribution in [2.75, 3.05) is 19.5 Å². The molecular formula is C7H12ClNO3. The lowest BCUT2D eigenvalue weighted by molar-refractivity contribution is -0.143. The second-order valence-corrected chi connectivity index (χ2v) is 2.81. The summed E-state index contributed by atoms with van der Waals surface area (Å²) in [6, 6.07) is 0. The number of carboxylic acids is 1. The van der Waals surface area contributed by atoms with E-state index in [1.54, 1.807) is 0 Å². The third-order valence-electron chi connectivity index (χ3n) is 1.32. The molecule has 0 aliphatic rings. The average molecular weight is 194 g/mol. The van der Waals surface area contributed by atoms with Crippen molar-refractivity contribution in [3.63, 3.8) is 0 Å². The summed E-state index contributed by atoms with van der Waals surface area (Å²) < 4.78 is 0. The number of rotatable bonds is 5. The molecule has 0 heterocycles. The van der Waals surface area contributed by atoms with Crippen molar-refractivity contribution in [2.24, 2.45) is 0 Å². The lowest BCUT2D eigenvalue weighted by Crippen LogP contribution is -2.31. The first-order valence-corrected chi connectivity index (χ1v) is 4.13. The second-order valence-electron chi connectivity index (χ2n) is 2.44. The Balaban J connectivity index is 3.69. The maximum atomic E-state index is 11.0. The van der Waals surface area contributed by atoms with Crippen LogP contribution >= 0.6 is 11.6 Å². The Kier molecular flexibility index (Phi) is 5.45. The zero-order chi connectivity index (χ0) is 9.56. The van der Waals surface area contributed by atoms with E-state index in [1.165, 1.54) is 11.9 Å². The van der Waals surface area contributed by atoms with Crippen molar-refractivity contribution < 1.29 is 14.7 Å². The number of hydrogen-bond donors (Lipinski definition) is 1. The topological polar surface area (TPSA) is 57.6 Å². The van der Waals surface area contributed by atoms with Crippen LogP contribution in [-0.2, 0) is 9.59 Å². The maximum absolute atomic E-state index is 11.0. The predicted octanol–water partition coefficient (Wildman–Crippen LogP) is 0.548. The number of carbonyl (C=O) groups is 2. The van der Waals surface area contributed by atoms with Crippen molar-refractivity contribution in [1.82, 2.24) is 4.90 Å². The Hall–Kier alpha value is -0.770. The Morgan fingerprint density at radius 2 is 2.08 bits per heavy atom. The molecule has 5 heteroatoms. The molecule has 0 spiro atoms. The Bertz CT molecular complexity index is 172. The fraction of sp³-hybridized carbons (Fsp3) is 0.714. The lowest BCUT2D eigenvalue weighted by Gasteiger charge is -2.13. The third-order valence-corrected chi connectivity index (χ3v) is 1.59. The molecular weight excluding hydrogens is 182 g/mol. The van der Waals surface area contributed by atoms with E-state index in [0.717, 1.165) is 0 Å². The number of halogens is 1. The van der Waals surface area contributed by atoms with Crippen LogP contribution in [0.2, 0.25) is 0 Å². The van der Waals surface area contributed by atoms with Crippen LogP contribution in [0.25, 0.3) is 0 Å². The number of alkyl halides is 1.